The molecule has 0 bridgehead atoms. The zero-order valence-corrected chi connectivity index (χ0v) is 21.2. The monoisotopic (exact) mass is 494 g/mol. The Morgan fingerprint density at radius 2 is 1.83 bits per heavy atom. The van der Waals surface area contributed by atoms with E-state index in [0.29, 0.717) is 28.9 Å². The molecule has 2 amide bonds. The van der Waals surface area contributed by atoms with Crippen LogP contribution in [0.15, 0.2) is 42.5 Å². The standard InChI is InChI=1S/C28H35FN4O3/c1-28(2,3)25(27(36)30-16-19-12-7-8-15-22(19)34)31-26(35)23-20-13-9-14-21(29)24(20)33(32-23)17-18-10-5-4-6-11-18/h7-9,12-15,18,25,34H,4-6,10-11,16-17H2,1-3H3,(H,30,36)(H,31,35)/t25-/m1/s1. The molecule has 4 rings (SSSR count). The molecule has 3 N–H and O–H groups in total. The van der Waals surface area contributed by atoms with Crippen molar-refractivity contribution >= 4 is 22.7 Å². The average Bonchev–Trinajstić information content (AvgIpc) is 3.21. The summed E-state index contributed by atoms with van der Waals surface area (Å²) >= 11 is 0. The van der Waals surface area contributed by atoms with Crippen LogP contribution in [0.5, 0.6) is 5.75 Å². The van der Waals surface area contributed by atoms with Crippen LogP contribution in [-0.2, 0) is 17.9 Å². The molecule has 192 valence electrons. The number of hydrogen-bond donors (Lipinski definition) is 3. The van der Waals surface area contributed by atoms with E-state index in [1.54, 1.807) is 41.1 Å². The average molecular weight is 495 g/mol. The summed E-state index contributed by atoms with van der Waals surface area (Å²) in [5.41, 5.74) is 0.407. The molecule has 8 heteroatoms. The highest BCUT2D eigenvalue weighted by molar-refractivity contribution is 6.06. The fraction of sp³-hybridized carbons (Fsp3) is 0.464. The van der Waals surface area contributed by atoms with Crippen molar-refractivity contribution in [1.82, 2.24) is 20.4 Å². The molecule has 7 nitrogen and oxygen atoms in total. The molecule has 1 atom stereocenters. The van der Waals surface area contributed by atoms with Crippen LogP contribution < -0.4 is 10.6 Å². The number of carbonyl (C=O) groups excluding carboxylic acids is 2. The van der Waals surface area contributed by atoms with Gasteiger partial charge >= 0.3 is 0 Å². The Morgan fingerprint density at radius 3 is 2.53 bits per heavy atom. The van der Waals surface area contributed by atoms with E-state index in [1.165, 1.54) is 12.5 Å². The van der Waals surface area contributed by atoms with Crippen LogP contribution >= 0.6 is 0 Å². The largest absolute Gasteiger partial charge is 0.508 e. The van der Waals surface area contributed by atoms with E-state index in [4.69, 9.17) is 0 Å². The molecule has 0 radical (unpaired) electrons. The second kappa shape index (κ2) is 10.7. The normalized spacial score (nSPS) is 15.6. The highest BCUT2D eigenvalue weighted by Gasteiger charge is 2.34. The number of phenols is 1. The van der Waals surface area contributed by atoms with Gasteiger partial charge in [-0.1, -0.05) is 70.4 Å². The first-order valence-electron chi connectivity index (χ1n) is 12.7. The molecule has 1 aromatic heterocycles. The predicted molar refractivity (Wildman–Crippen MR) is 137 cm³/mol. The van der Waals surface area contributed by atoms with E-state index < -0.39 is 23.2 Å². The van der Waals surface area contributed by atoms with Crippen LogP contribution in [0.3, 0.4) is 0 Å². The molecule has 0 aliphatic heterocycles. The predicted octanol–water partition coefficient (Wildman–Crippen LogP) is 4.92. The molecule has 1 aliphatic carbocycles. The SMILES string of the molecule is CC(C)(C)[C@H](NC(=O)c1nn(CC2CCCCC2)c2c(F)cccc12)C(=O)NCc1ccccc1O. The second-order valence-corrected chi connectivity index (χ2v) is 10.8. The summed E-state index contributed by atoms with van der Waals surface area (Å²) in [6, 6.07) is 10.5. The minimum absolute atomic E-state index is 0.0890. The molecule has 2 aromatic carbocycles. The van der Waals surface area contributed by atoms with Gasteiger partial charge in [0.05, 0.1) is 0 Å². The minimum atomic E-state index is -0.872. The Balaban J connectivity index is 1.57. The lowest BCUT2D eigenvalue weighted by atomic mass is 9.86. The van der Waals surface area contributed by atoms with Crippen LogP contribution in [0.1, 0.15) is 68.9 Å². The van der Waals surface area contributed by atoms with E-state index in [9.17, 15) is 19.1 Å². The Bertz CT molecular complexity index is 1240. The molecule has 1 aliphatic rings. The van der Waals surface area contributed by atoms with Gasteiger partial charge in [0, 0.05) is 24.0 Å². The topological polar surface area (TPSA) is 96.2 Å². The number of rotatable bonds is 7. The van der Waals surface area contributed by atoms with Gasteiger partial charge in [0.25, 0.3) is 5.91 Å². The van der Waals surface area contributed by atoms with Crippen molar-refractivity contribution in [3.05, 3.63) is 59.5 Å². The molecule has 3 aromatic rings. The van der Waals surface area contributed by atoms with Gasteiger partial charge in [-0.2, -0.15) is 5.10 Å². The van der Waals surface area contributed by atoms with Crippen molar-refractivity contribution in [3.8, 4) is 5.75 Å². The summed E-state index contributed by atoms with van der Waals surface area (Å²) < 4.78 is 16.5. The summed E-state index contributed by atoms with van der Waals surface area (Å²) in [7, 11) is 0. The first-order valence-corrected chi connectivity index (χ1v) is 12.7. The van der Waals surface area contributed by atoms with E-state index in [-0.39, 0.29) is 23.9 Å². The van der Waals surface area contributed by atoms with Crippen molar-refractivity contribution < 1.29 is 19.1 Å². The van der Waals surface area contributed by atoms with Gasteiger partial charge in [0.1, 0.15) is 23.1 Å². The number of halogens is 1. The van der Waals surface area contributed by atoms with Crippen LogP contribution in [0, 0.1) is 17.2 Å². The number of phenolic OH excluding ortho intramolecular Hbond substituents is 1. The molecule has 0 saturated heterocycles. The lowest BCUT2D eigenvalue weighted by molar-refractivity contribution is -0.125. The number of fused-ring (bicyclic) bond motifs is 1. The van der Waals surface area contributed by atoms with E-state index >= 15 is 0 Å². The zero-order valence-electron chi connectivity index (χ0n) is 21.2. The second-order valence-electron chi connectivity index (χ2n) is 10.8. The van der Waals surface area contributed by atoms with Crippen molar-refractivity contribution in [3.63, 3.8) is 0 Å². The maximum Gasteiger partial charge on any atom is 0.273 e. The molecular weight excluding hydrogens is 459 g/mol. The van der Waals surface area contributed by atoms with Crippen LogP contribution in [0.25, 0.3) is 10.9 Å². The number of nitrogens with one attached hydrogen (secondary N) is 2. The highest BCUT2D eigenvalue weighted by atomic mass is 19.1. The number of amides is 2. The number of aromatic hydroxyl groups is 1. The third kappa shape index (κ3) is 5.69. The van der Waals surface area contributed by atoms with Crippen molar-refractivity contribution in [1.29, 1.82) is 0 Å². The van der Waals surface area contributed by atoms with Crippen LogP contribution in [-0.4, -0.2) is 32.7 Å². The quantitative estimate of drug-likeness (QED) is 0.434. The van der Waals surface area contributed by atoms with Gasteiger partial charge in [-0.15, -0.1) is 0 Å². The van der Waals surface area contributed by atoms with Crippen molar-refractivity contribution in [2.45, 2.75) is 72.0 Å². The number of hydrogen-bond acceptors (Lipinski definition) is 4. The lowest BCUT2D eigenvalue weighted by Crippen LogP contribution is -2.53. The van der Waals surface area contributed by atoms with E-state index in [0.717, 1.165) is 25.7 Å². The Hall–Kier alpha value is -3.42. The summed E-state index contributed by atoms with van der Waals surface area (Å²) in [6.45, 7) is 6.26. The van der Waals surface area contributed by atoms with Gasteiger partial charge in [0.15, 0.2) is 5.69 Å². The first-order chi connectivity index (χ1) is 17.1. The molecular formula is C28H35FN4O3. The Morgan fingerprint density at radius 1 is 1.11 bits per heavy atom. The smallest absolute Gasteiger partial charge is 0.273 e. The van der Waals surface area contributed by atoms with Crippen LogP contribution in [0.4, 0.5) is 4.39 Å². The molecule has 36 heavy (non-hydrogen) atoms. The molecule has 1 saturated carbocycles. The molecule has 0 unspecified atom stereocenters. The van der Waals surface area contributed by atoms with Gasteiger partial charge in [-0.25, -0.2) is 4.39 Å². The first kappa shape index (κ1) is 25.7. The Labute approximate surface area is 211 Å². The number of aromatic nitrogens is 2. The summed E-state index contributed by atoms with van der Waals surface area (Å²) in [5.74, 6) is -0.824. The summed E-state index contributed by atoms with van der Waals surface area (Å²) in [4.78, 5) is 26.6. The maximum atomic E-state index is 14.9. The minimum Gasteiger partial charge on any atom is -0.508 e. The molecule has 1 heterocycles. The zero-order chi connectivity index (χ0) is 25.9. The third-order valence-corrected chi connectivity index (χ3v) is 6.94. The highest BCUT2D eigenvalue weighted by Crippen LogP contribution is 2.29. The van der Waals surface area contributed by atoms with Crippen molar-refractivity contribution in [2.75, 3.05) is 0 Å². The van der Waals surface area contributed by atoms with Gasteiger partial charge in [0.2, 0.25) is 5.91 Å². The number of benzene rings is 2. The molecule has 0 spiro atoms. The van der Waals surface area contributed by atoms with E-state index in [1.807, 2.05) is 20.8 Å². The molecule has 1 fully saturated rings. The number of para-hydroxylation sites is 2. The van der Waals surface area contributed by atoms with Gasteiger partial charge < -0.3 is 15.7 Å². The fourth-order valence-corrected chi connectivity index (χ4v) is 4.93. The van der Waals surface area contributed by atoms with E-state index in [2.05, 4.69) is 15.7 Å². The number of carbonyl (C=O) groups is 2. The Kier molecular flexibility index (Phi) is 7.62. The van der Waals surface area contributed by atoms with Crippen LogP contribution in [0.2, 0.25) is 0 Å². The lowest BCUT2D eigenvalue weighted by Gasteiger charge is -2.30. The third-order valence-electron chi connectivity index (χ3n) is 6.94. The van der Waals surface area contributed by atoms with Gasteiger partial charge in [-0.05, 0) is 36.3 Å². The number of nitrogens with zero attached hydrogens (tertiary/aromatic N) is 2. The summed E-state index contributed by atoms with van der Waals surface area (Å²) in [6.07, 6.45) is 5.67. The summed E-state index contributed by atoms with van der Waals surface area (Å²) in [5, 5.41) is 20.6. The fourth-order valence-electron chi connectivity index (χ4n) is 4.93. The van der Waals surface area contributed by atoms with Gasteiger partial charge in [-0.3, -0.25) is 14.3 Å². The van der Waals surface area contributed by atoms with Crippen molar-refractivity contribution in [2.24, 2.45) is 11.3 Å². The maximum absolute atomic E-state index is 14.9.